The van der Waals surface area contributed by atoms with Crippen molar-refractivity contribution in [3.8, 4) is 0 Å². The Morgan fingerprint density at radius 3 is 2.75 bits per heavy atom. The standard InChI is InChI=1S/C13H17BrN2O3S/c1-9-8-10(5-6-11(9)14)15-13(17)12-4-3-7-16(12)20(2,18)19/h5-6,8,12H,3-4,7H2,1-2H3,(H,15,17). The number of hydrogen-bond acceptors (Lipinski definition) is 3. The highest BCUT2D eigenvalue weighted by atomic mass is 79.9. The number of aryl methyl sites for hydroxylation is 1. The molecule has 110 valence electrons. The van der Waals surface area contributed by atoms with Crippen LogP contribution < -0.4 is 5.32 Å². The Balaban J connectivity index is 2.13. The number of carbonyl (C=O) groups is 1. The molecule has 7 heteroatoms. The van der Waals surface area contributed by atoms with E-state index in [0.717, 1.165) is 16.3 Å². The number of amides is 1. The number of nitrogens with one attached hydrogen (secondary N) is 1. The Labute approximate surface area is 127 Å². The molecular formula is C13H17BrN2O3S. The first-order valence-electron chi connectivity index (χ1n) is 6.33. The van der Waals surface area contributed by atoms with Crippen LogP contribution in [0.15, 0.2) is 22.7 Å². The molecule has 0 aromatic heterocycles. The van der Waals surface area contributed by atoms with E-state index < -0.39 is 16.1 Å². The van der Waals surface area contributed by atoms with E-state index in [9.17, 15) is 13.2 Å². The van der Waals surface area contributed by atoms with Gasteiger partial charge in [-0.1, -0.05) is 15.9 Å². The van der Waals surface area contributed by atoms with Crippen LogP contribution in [0.5, 0.6) is 0 Å². The minimum Gasteiger partial charge on any atom is -0.325 e. The minimum atomic E-state index is -3.34. The molecule has 0 radical (unpaired) electrons. The molecule has 5 nitrogen and oxygen atoms in total. The number of carbonyl (C=O) groups excluding carboxylic acids is 1. The fourth-order valence-corrected chi connectivity index (χ4v) is 3.72. The highest BCUT2D eigenvalue weighted by Gasteiger charge is 2.36. The summed E-state index contributed by atoms with van der Waals surface area (Å²) < 4.78 is 25.5. The van der Waals surface area contributed by atoms with Crippen LogP contribution in [0.2, 0.25) is 0 Å². The molecule has 1 aromatic rings. The van der Waals surface area contributed by atoms with Crippen LogP contribution >= 0.6 is 15.9 Å². The normalized spacial score (nSPS) is 20.1. The summed E-state index contributed by atoms with van der Waals surface area (Å²) in [5.74, 6) is -0.269. The second-order valence-electron chi connectivity index (χ2n) is 4.98. The van der Waals surface area contributed by atoms with E-state index in [2.05, 4.69) is 21.2 Å². The van der Waals surface area contributed by atoms with Gasteiger partial charge in [0.25, 0.3) is 0 Å². The molecule has 0 spiro atoms. The van der Waals surface area contributed by atoms with E-state index in [0.29, 0.717) is 25.1 Å². The van der Waals surface area contributed by atoms with Gasteiger partial charge in [0.05, 0.1) is 6.26 Å². The van der Waals surface area contributed by atoms with E-state index >= 15 is 0 Å². The molecule has 0 aliphatic carbocycles. The zero-order valence-electron chi connectivity index (χ0n) is 11.4. The van der Waals surface area contributed by atoms with Gasteiger partial charge in [0.2, 0.25) is 15.9 Å². The number of sulfonamides is 1. The van der Waals surface area contributed by atoms with Crippen LogP contribution in [0.1, 0.15) is 18.4 Å². The van der Waals surface area contributed by atoms with Crippen molar-refractivity contribution in [2.45, 2.75) is 25.8 Å². The van der Waals surface area contributed by atoms with Gasteiger partial charge in [-0.15, -0.1) is 0 Å². The van der Waals surface area contributed by atoms with Crippen LogP contribution in [0, 0.1) is 6.92 Å². The lowest BCUT2D eigenvalue weighted by atomic mass is 10.2. The molecule has 1 unspecified atom stereocenters. The van der Waals surface area contributed by atoms with Crippen molar-refractivity contribution in [1.29, 1.82) is 0 Å². The molecule has 1 aromatic carbocycles. The molecule has 1 atom stereocenters. The molecule has 1 aliphatic rings. The molecule has 0 saturated carbocycles. The summed E-state index contributed by atoms with van der Waals surface area (Å²) in [6.45, 7) is 2.34. The van der Waals surface area contributed by atoms with Crippen molar-refractivity contribution in [2.24, 2.45) is 0 Å². The summed E-state index contributed by atoms with van der Waals surface area (Å²) in [7, 11) is -3.34. The predicted octanol–water partition coefficient (Wildman–Crippen LogP) is 2.12. The fourth-order valence-electron chi connectivity index (χ4n) is 2.35. The Bertz CT molecular complexity index is 631. The van der Waals surface area contributed by atoms with E-state index in [-0.39, 0.29) is 5.91 Å². The highest BCUT2D eigenvalue weighted by Crippen LogP contribution is 2.24. The van der Waals surface area contributed by atoms with Gasteiger partial charge in [0.1, 0.15) is 6.04 Å². The summed E-state index contributed by atoms with van der Waals surface area (Å²) in [4.78, 5) is 12.2. The Hall–Kier alpha value is -0.920. The lowest BCUT2D eigenvalue weighted by Crippen LogP contribution is -2.42. The summed E-state index contributed by atoms with van der Waals surface area (Å²) in [6, 6.07) is 4.89. The molecule has 2 rings (SSSR count). The highest BCUT2D eigenvalue weighted by molar-refractivity contribution is 9.10. The van der Waals surface area contributed by atoms with Gasteiger partial charge in [-0.05, 0) is 43.5 Å². The second-order valence-corrected chi connectivity index (χ2v) is 7.77. The lowest BCUT2D eigenvalue weighted by molar-refractivity contribution is -0.119. The third-order valence-corrected chi connectivity index (χ3v) is 5.54. The number of hydrogen-bond donors (Lipinski definition) is 1. The summed E-state index contributed by atoms with van der Waals surface area (Å²) in [6.07, 6.45) is 2.42. The maximum absolute atomic E-state index is 12.2. The van der Waals surface area contributed by atoms with Gasteiger partial charge in [-0.2, -0.15) is 4.31 Å². The first kappa shape index (κ1) is 15.5. The van der Waals surface area contributed by atoms with Crippen molar-refractivity contribution < 1.29 is 13.2 Å². The van der Waals surface area contributed by atoms with Crippen molar-refractivity contribution in [1.82, 2.24) is 4.31 Å². The van der Waals surface area contributed by atoms with Crippen LogP contribution in [-0.2, 0) is 14.8 Å². The SMILES string of the molecule is Cc1cc(NC(=O)C2CCCN2S(C)(=O)=O)ccc1Br. The number of rotatable bonds is 3. The Morgan fingerprint density at radius 2 is 2.15 bits per heavy atom. The smallest absolute Gasteiger partial charge is 0.242 e. The predicted molar refractivity (Wildman–Crippen MR) is 82.1 cm³/mol. The second kappa shape index (κ2) is 5.83. The first-order chi connectivity index (χ1) is 9.29. The molecular weight excluding hydrogens is 344 g/mol. The van der Waals surface area contributed by atoms with Crippen molar-refractivity contribution in [3.63, 3.8) is 0 Å². The number of halogens is 1. The molecule has 0 bridgehead atoms. The van der Waals surface area contributed by atoms with Gasteiger partial charge in [-0.3, -0.25) is 4.79 Å². The summed E-state index contributed by atoms with van der Waals surface area (Å²) in [5, 5.41) is 2.79. The van der Waals surface area contributed by atoms with Crippen molar-refractivity contribution >= 4 is 37.5 Å². The van der Waals surface area contributed by atoms with Crippen molar-refractivity contribution in [2.75, 3.05) is 18.1 Å². The third-order valence-electron chi connectivity index (χ3n) is 3.36. The monoisotopic (exact) mass is 360 g/mol. The Morgan fingerprint density at radius 1 is 1.45 bits per heavy atom. The van der Waals surface area contributed by atoms with Gasteiger partial charge >= 0.3 is 0 Å². The third kappa shape index (κ3) is 3.39. The van der Waals surface area contributed by atoms with Crippen molar-refractivity contribution in [3.05, 3.63) is 28.2 Å². The number of nitrogens with zero attached hydrogens (tertiary/aromatic N) is 1. The van der Waals surface area contributed by atoms with E-state index in [1.54, 1.807) is 6.07 Å². The summed E-state index contributed by atoms with van der Waals surface area (Å²) in [5.41, 5.74) is 1.69. The molecule has 1 amide bonds. The molecule has 1 aliphatic heterocycles. The van der Waals surface area contributed by atoms with Crippen LogP contribution in [0.3, 0.4) is 0 Å². The number of anilines is 1. The van der Waals surface area contributed by atoms with Gasteiger partial charge in [-0.25, -0.2) is 8.42 Å². The van der Waals surface area contributed by atoms with Gasteiger partial charge in [0, 0.05) is 16.7 Å². The topological polar surface area (TPSA) is 66.5 Å². The van der Waals surface area contributed by atoms with Crippen LogP contribution in [0.4, 0.5) is 5.69 Å². The van der Waals surface area contributed by atoms with E-state index in [1.165, 1.54) is 4.31 Å². The average molecular weight is 361 g/mol. The Kier molecular flexibility index (Phi) is 4.51. The van der Waals surface area contributed by atoms with Gasteiger partial charge in [0.15, 0.2) is 0 Å². The van der Waals surface area contributed by atoms with E-state index in [4.69, 9.17) is 0 Å². The molecule has 20 heavy (non-hydrogen) atoms. The molecule has 1 saturated heterocycles. The molecule has 1 N–H and O–H groups in total. The zero-order valence-corrected chi connectivity index (χ0v) is 13.8. The van der Waals surface area contributed by atoms with Crippen LogP contribution in [-0.4, -0.2) is 37.5 Å². The summed E-state index contributed by atoms with van der Waals surface area (Å²) >= 11 is 3.40. The zero-order chi connectivity index (χ0) is 14.9. The maximum Gasteiger partial charge on any atom is 0.242 e. The fraction of sp³-hybridized carbons (Fsp3) is 0.462. The molecule has 1 fully saturated rings. The quantitative estimate of drug-likeness (QED) is 0.897. The lowest BCUT2D eigenvalue weighted by Gasteiger charge is -2.21. The minimum absolute atomic E-state index is 0.269. The van der Waals surface area contributed by atoms with Gasteiger partial charge < -0.3 is 5.32 Å². The first-order valence-corrected chi connectivity index (χ1v) is 8.97. The van der Waals surface area contributed by atoms with E-state index in [1.807, 2.05) is 19.1 Å². The molecule has 1 heterocycles. The largest absolute Gasteiger partial charge is 0.325 e. The average Bonchev–Trinajstić information content (AvgIpc) is 2.83. The number of benzene rings is 1. The maximum atomic E-state index is 12.2. The van der Waals surface area contributed by atoms with Crippen LogP contribution in [0.25, 0.3) is 0 Å².